The molecule has 0 saturated heterocycles. The largest absolute Gasteiger partial charge is 0.457 e. The van der Waals surface area contributed by atoms with Crippen molar-refractivity contribution in [3.05, 3.63) is 0 Å². The van der Waals surface area contributed by atoms with Crippen LogP contribution in [0.3, 0.4) is 0 Å². The van der Waals surface area contributed by atoms with Crippen molar-refractivity contribution < 1.29 is 14.3 Å². The summed E-state index contributed by atoms with van der Waals surface area (Å²) in [6, 6.07) is 0. The van der Waals surface area contributed by atoms with Crippen LogP contribution in [-0.2, 0) is 14.3 Å². The third-order valence-corrected chi connectivity index (χ3v) is 2.25. The molecule has 3 nitrogen and oxygen atoms in total. The van der Waals surface area contributed by atoms with Gasteiger partial charge in [-0.15, -0.1) is 0 Å². The Morgan fingerprint density at radius 2 is 1.92 bits per heavy atom. The highest BCUT2D eigenvalue weighted by molar-refractivity contribution is 9.10. The van der Waals surface area contributed by atoms with Crippen molar-refractivity contribution >= 4 is 27.7 Å². The van der Waals surface area contributed by atoms with Crippen molar-refractivity contribution in [1.29, 1.82) is 0 Å². The van der Waals surface area contributed by atoms with Gasteiger partial charge in [-0.2, -0.15) is 0 Å². The Labute approximate surface area is 80.6 Å². The van der Waals surface area contributed by atoms with Gasteiger partial charge in [-0.3, -0.25) is 4.79 Å². The Morgan fingerprint density at radius 3 is 2.25 bits per heavy atom. The minimum atomic E-state index is -0.756. The monoisotopic (exact) mass is 236 g/mol. The van der Waals surface area contributed by atoms with Crippen molar-refractivity contribution in [3.8, 4) is 0 Å². The fourth-order valence-electron chi connectivity index (χ4n) is 0.585. The van der Waals surface area contributed by atoms with E-state index in [0.29, 0.717) is 6.42 Å². The highest BCUT2D eigenvalue weighted by atomic mass is 79.9. The molecule has 70 valence electrons. The maximum absolute atomic E-state index is 11.1. The van der Waals surface area contributed by atoms with Gasteiger partial charge in [0.15, 0.2) is 0 Å². The number of hydrogen-bond donors (Lipinski definition) is 0. The maximum Gasteiger partial charge on any atom is 0.376 e. The zero-order valence-electron chi connectivity index (χ0n) is 7.46. The average Bonchev–Trinajstić information content (AvgIpc) is 2.00. The molecular weight excluding hydrogens is 224 g/mol. The SMILES string of the molecule is CCC(Br)C(=O)C(=O)OC(C)C. The second-order valence-corrected chi connectivity index (χ2v) is 3.80. The molecule has 1 atom stereocenters. The molecule has 0 saturated carbocycles. The number of ketones is 1. The molecule has 0 fully saturated rings. The Bertz CT molecular complexity index is 177. The Balaban J connectivity index is 4.02. The van der Waals surface area contributed by atoms with Crippen LogP contribution in [0, 0.1) is 0 Å². The molecular formula is C8H13BrO3. The lowest BCUT2D eigenvalue weighted by atomic mass is 10.2. The predicted molar refractivity (Wildman–Crippen MR) is 49.2 cm³/mol. The van der Waals surface area contributed by atoms with Crippen molar-refractivity contribution in [2.45, 2.75) is 38.1 Å². The summed E-state index contributed by atoms with van der Waals surface area (Å²) in [5.74, 6) is -1.26. The van der Waals surface area contributed by atoms with Gasteiger partial charge in [-0.25, -0.2) is 4.79 Å². The molecule has 0 aliphatic heterocycles. The summed E-state index contributed by atoms with van der Waals surface area (Å²) >= 11 is 3.08. The fraction of sp³-hybridized carbons (Fsp3) is 0.750. The Kier molecular flexibility index (Phi) is 5.13. The van der Waals surface area contributed by atoms with Crippen molar-refractivity contribution in [3.63, 3.8) is 0 Å². The zero-order valence-corrected chi connectivity index (χ0v) is 9.05. The van der Waals surface area contributed by atoms with Crippen molar-refractivity contribution in [1.82, 2.24) is 0 Å². The molecule has 0 bridgehead atoms. The fourth-order valence-corrected chi connectivity index (χ4v) is 0.772. The van der Waals surface area contributed by atoms with Crippen LogP contribution in [0.15, 0.2) is 0 Å². The number of carbonyl (C=O) groups is 2. The summed E-state index contributed by atoms with van der Waals surface area (Å²) in [6.07, 6.45) is 0.351. The highest BCUT2D eigenvalue weighted by Gasteiger charge is 2.23. The minimum Gasteiger partial charge on any atom is -0.457 e. The lowest BCUT2D eigenvalue weighted by Gasteiger charge is -2.08. The number of alkyl halides is 1. The molecule has 0 aromatic carbocycles. The summed E-state index contributed by atoms with van der Waals surface area (Å²) in [5, 5.41) is 0. The lowest BCUT2D eigenvalue weighted by Crippen LogP contribution is -2.27. The van der Waals surface area contributed by atoms with E-state index < -0.39 is 16.6 Å². The average molecular weight is 237 g/mol. The molecule has 0 aromatic heterocycles. The van der Waals surface area contributed by atoms with E-state index in [1.165, 1.54) is 0 Å². The number of esters is 1. The second kappa shape index (κ2) is 5.30. The zero-order chi connectivity index (χ0) is 9.72. The van der Waals surface area contributed by atoms with Crippen LogP contribution in [0.4, 0.5) is 0 Å². The van der Waals surface area contributed by atoms with Gasteiger partial charge in [-0.05, 0) is 20.3 Å². The first-order valence-electron chi connectivity index (χ1n) is 3.88. The Hall–Kier alpha value is -0.380. The van der Waals surface area contributed by atoms with E-state index in [9.17, 15) is 9.59 Å². The predicted octanol–water partition coefficient (Wildman–Crippen LogP) is 1.68. The van der Waals surface area contributed by atoms with E-state index >= 15 is 0 Å². The molecule has 0 spiro atoms. The van der Waals surface area contributed by atoms with E-state index in [1.807, 2.05) is 6.92 Å². The third kappa shape index (κ3) is 3.85. The molecule has 0 aliphatic rings. The molecule has 0 amide bonds. The number of rotatable bonds is 4. The van der Waals surface area contributed by atoms with Crippen LogP contribution in [0.2, 0.25) is 0 Å². The van der Waals surface area contributed by atoms with Gasteiger partial charge >= 0.3 is 5.97 Å². The molecule has 4 heteroatoms. The number of Topliss-reactive ketones (excluding diaryl/α,β-unsaturated/α-hetero) is 1. The molecule has 12 heavy (non-hydrogen) atoms. The molecule has 0 aromatic rings. The number of carbonyl (C=O) groups excluding carboxylic acids is 2. The minimum absolute atomic E-state index is 0.238. The lowest BCUT2D eigenvalue weighted by molar-refractivity contribution is -0.156. The topological polar surface area (TPSA) is 43.4 Å². The summed E-state index contributed by atoms with van der Waals surface area (Å²) < 4.78 is 4.72. The van der Waals surface area contributed by atoms with Crippen LogP contribution in [-0.4, -0.2) is 22.7 Å². The Morgan fingerprint density at radius 1 is 1.42 bits per heavy atom. The van der Waals surface area contributed by atoms with Gasteiger partial charge in [0.05, 0.1) is 10.9 Å². The molecule has 0 rings (SSSR count). The van der Waals surface area contributed by atoms with Gasteiger partial charge in [0.2, 0.25) is 0 Å². The smallest absolute Gasteiger partial charge is 0.376 e. The summed E-state index contributed by atoms with van der Waals surface area (Å²) in [6.45, 7) is 5.24. The first-order valence-corrected chi connectivity index (χ1v) is 4.79. The maximum atomic E-state index is 11.1. The third-order valence-electron chi connectivity index (χ3n) is 1.19. The van der Waals surface area contributed by atoms with Gasteiger partial charge < -0.3 is 4.74 Å². The molecule has 0 aliphatic carbocycles. The van der Waals surface area contributed by atoms with E-state index in [4.69, 9.17) is 4.74 Å². The van der Waals surface area contributed by atoms with Crippen molar-refractivity contribution in [2.24, 2.45) is 0 Å². The van der Waals surface area contributed by atoms with Crippen LogP contribution in [0.25, 0.3) is 0 Å². The summed E-state index contributed by atoms with van der Waals surface area (Å²) in [4.78, 5) is 21.6. The molecule has 0 radical (unpaired) electrons. The quantitative estimate of drug-likeness (QED) is 0.424. The number of hydrogen-bond acceptors (Lipinski definition) is 3. The van der Waals surface area contributed by atoms with E-state index in [-0.39, 0.29) is 6.10 Å². The highest BCUT2D eigenvalue weighted by Crippen LogP contribution is 2.07. The number of ether oxygens (including phenoxy) is 1. The van der Waals surface area contributed by atoms with Crippen LogP contribution >= 0.6 is 15.9 Å². The van der Waals surface area contributed by atoms with Gasteiger partial charge in [0, 0.05) is 0 Å². The van der Waals surface area contributed by atoms with Crippen LogP contribution < -0.4 is 0 Å². The van der Waals surface area contributed by atoms with Gasteiger partial charge in [0.1, 0.15) is 0 Å². The van der Waals surface area contributed by atoms with E-state index in [1.54, 1.807) is 13.8 Å². The molecule has 1 unspecified atom stereocenters. The van der Waals surface area contributed by atoms with E-state index in [0.717, 1.165) is 0 Å². The summed E-state index contributed by atoms with van der Waals surface area (Å²) in [7, 11) is 0. The van der Waals surface area contributed by atoms with Crippen LogP contribution in [0.1, 0.15) is 27.2 Å². The van der Waals surface area contributed by atoms with E-state index in [2.05, 4.69) is 15.9 Å². The first-order chi connectivity index (χ1) is 5.49. The first kappa shape index (κ1) is 11.6. The normalized spacial score (nSPS) is 12.8. The molecule has 0 heterocycles. The van der Waals surface area contributed by atoms with Crippen LogP contribution in [0.5, 0.6) is 0 Å². The standard InChI is InChI=1S/C8H13BrO3/c1-4-6(9)7(10)8(11)12-5(2)3/h5-6H,4H2,1-3H3. The van der Waals surface area contributed by atoms with Gasteiger partial charge in [-0.1, -0.05) is 22.9 Å². The number of halogens is 1. The van der Waals surface area contributed by atoms with Crippen molar-refractivity contribution in [2.75, 3.05) is 0 Å². The molecule has 0 N–H and O–H groups in total. The summed E-state index contributed by atoms with van der Waals surface area (Å²) in [5.41, 5.74) is 0. The second-order valence-electron chi connectivity index (χ2n) is 2.69. The van der Waals surface area contributed by atoms with Gasteiger partial charge in [0.25, 0.3) is 5.78 Å².